The number of hydrogen-bond acceptors (Lipinski definition) is 9. The first-order valence-electron chi connectivity index (χ1n) is 20.3. The van der Waals surface area contributed by atoms with E-state index in [4.69, 9.17) is 14.6 Å². The summed E-state index contributed by atoms with van der Waals surface area (Å²) < 4.78 is 12.6. The summed E-state index contributed by atoms with van der Waals surface area (Å²) in [5.41, 5.74) is 1.83. The molecule has 0 bridgehead atoms. The minimum Gasteiger partial charge on any atom is -0.497 e. The maximum absolute atomic E-state index is 15.4. The van der Waals surface area contributed by atoms with Gasteiger partial charge in [-0.3, -0.25) is 24.5 Å². The molecule has 14 heteroatoms. The molecule has 1 spiro atoms. The van der Waals surface area contributed by atoms with Gasteiger partial charge >= 0.3 is 0 Å². The van der Waals surface area contributed by atoms with Gasteiger partial charge in [-0.1, -0.05) is 79.8 Å². The van der Waals surface area contributed by atoms with Crippen LogP contribution in [0.4, 0.5) is 17.1 Å². The summed E-state index contributed by atoms with van der Waals surface area (Å²) >= 11 is 0. The minimum absolute atomic E-state index is 0.00518. The van der Waals surface area contributed by atoms with Crippen molar-refractivity contribution < 1.29 is 33.9 Å². The smallest absolute Gasteiger partial charge is 0.269 e. The van der Waals surface area contributed by atoms with Crippen LogP contribution >= 0.6 is 0 Å². The van der Waals surface area contributed by atoms with Crippen LogP contribution in [0.1, 0.15) is 55.7 Å². The molecule has 1 N–H and O–H groups in total. The Kier molecular flexibility index (Phi) is 10.7. The molecule has 0 unspecified atom stereocenters. The van der Waals surface area contributed by atoms with Crippen molar-refractivity contribution in [2.75, 3.05) is 30.2 Å². The molecule has 4 aromatic rings. The van der Waals surface area contributed by atoms with E-state index < -0.39 is 30.6 Å². The van der Waals surface area contributed by atoms with Crippen molar-refractivity contribution in [2.45, 2.75) is 82.0 Å². The van der Waals surface area contributed by atoms with Crippen molar-refractivity contribution in [3.63, 3.8) is 0 Å². The summed E-state index contributed by atoms with van der Waals surface area (Å²) in [5, 5.41) is 29.6. The van der Waals surface area contributed by atoms with Gasteiger partial charge in [-0.25, -0.2) is 5.01 Å². The van der Waals surface area contributed by atoms with Gasteiger partial charge < -0.3 is 24.4 Å². The summed E-state index contributed by atoms with van der Waals surface area (Å²) in [7, 11) is -1.02. The number of carbonyl (C=O) groups excluding carboxylic acids is 3. The fourth-order valence-electron chi connectivity index (χ4n) is 9.98. The van der Waals surface area contributed by atoms with Crippen molar-refractivity contribution in [1.29, 1.82) is 0 Å². The highest BCUT2D eigenvalue weighted by Crippen LogP contribution is 2.60. The molecular weight excluding hydrogens is 767 g/mol. The average molecular weight is 816 g/mol. The minimum atomic E-state index is -2.63. The first kappa shape index (κ1) is 40.1. The molecule has 13 nitrogen and oxygen atoms in total. The van der Waals surface area contributed by atoms with Gasteiger partial charge in [-0.05, 0) is 59.8 Å². The second kappa shape index (κ2) is 15.8. The zero-order valence-electron chi connectivity index (χ0n) is 33.7. The van der Waals surface area contributed by atoms with Crippen LogP contribution in [0.2, 0.25) is 18.6 Å². The van der Waals surface area contributed by atoms with Gasteiger partial charge in [0.2, 0.25) is 11.8 Å². The molecule has 4 aromatic carbocycles. The molecule has 4 aliphatic heterocycles. The zero-order valence-corrected chi connectivity index (χ0v) is 34.7. The van der Waals surface area contributed by atoms with Gasteiger partial charge in [0, 0.05) is 43.0 Å². The number of nitro benzene ring substituents is 1. The molecule has 5 atom stereocenters. The number of nitro groups is 1. The van der Waals surface area contributed by atoms with Gasteiger partial charge in [0.1, 0.15) is 5.75 Å². The number of anilines is 2. The molecule has 8 rings (SSSR count). The molecule has 2 fully saturated rings. The number of carbonyl (C=O) groups is 3. The highest BCUT2D eigenvalue weighted by molar-refractivity contribution is 6.91. The maximum Gasteiger partial charge on any atom is 0.269 e. The number of hydrazone groups is 1. The number of ether oxygens (including phenoxy) is 2. The predicted molar refractivity (Wildman–Crippen MR) is 226 cm³/mol. The second-order valence-corrected chi connectivity index (χ2v) is 21.3. The lowest BCUT2D eigenvalue weighted by Gasteiger charge is -2.37. The van der Waals surface area contributed by atoms with E-state index in [0.29, 0.717) is 48.5 Å². The normalized spacial score (nSPS) is 24.2. The molecule has 2 saturated heterocycles. The van der Waals surface area contributed by atoms with Crippen molar-refractivity contribution >= 4 is 53.8 Å². The zero-order chi connectivity index (χ0) is 41.6. The number of benzene rings is 4. The van der Waals surface area contributed by atoms with Crippen LogP contribution < -0.4 is 19.8 Å². The third-order valence-electron chi connectivity index (χ3n) is 12.9. The van der Waals surface area contributed by atoms with Crippen LogP contribution in [-0.4, -0.2) is 78.8 Å². The maximum atomic E-state index is 15.4. The van der Waals surface area contributed by atoms with E-state index in [1.54, 1.807) is 23.0 Å². The summed E-state index contributed by atoms with van der Waals surface area (Å²) in [4.78, 5) is 58.0. The number of methoxy groups -OCH3 is 1. The number of aliphatic hydroxyl groups excluding tert-OH is 1. The highest BCUT2D eigenvalue weighted by Gasteiger charge is 2.67. The first-order valence-corrected chi connectivity index (χ1v) is 23.3. The Morgan fingerprint density at radius 3 is 2.49 bits per heavy atom. The third-order valence-corrected chi connectivity index (χ3v) is 17.3. The number of likely N-dealkylation sites (tertiary alicyclic amines) is 1. The van der Waals surface area contributed by atoms with E-state index in [-0.39, 0.29) is 54.6 Å². The molecule has 59 heavy (non-hydrogen) atoms. The Bertz CT molecular complexity index is 2320. The lowest BCUT2D eigenvalue weighted by molar-refractivity contribution is -0.385. The Morgan fingerprint density at radius 1 is 1.02 bits per heavy atom. The van der Waals surface area contributed by atoms with Crippen LogP contribution in [0.25, 0.3) is 0 Å². The van der Waals surface area contributed by atoms with E-state index in [9.17, 15) is 24.8 Å². The van der Waals surface area contributed by atoms with Gasteiger partial charge in [-0.15, -0.1) is 0 Å². The van der Waals surface area contributed by atoms with Crippen molar-refractivity contribution in [2.24, 2.45) is 11.0 Å². The summed E-state index contributed by atoms with van der Waals surface area (Å²) in [5.74, 6) is -0.445. The fourth-order valence-corrected chi connectivity index (χ4v) is 14.0. The lowest BCUT2D eigenvalue weighted by Crippen LogP contribution is -2.52. The summed E-state index contributed by atoms with van der Waals surface area (Å²) in [6, 6.07) is 29.2. The van der Waals surface area contributed by atoms with Gasteiger partial charge in [0.15, 0.2) is 5.60 Å². The molecule has 4 aliphatic rings. The number of non-ortho nitro benzene ring substituents is 1. The number of rotatable bonds is 11. The number of aliphatic hydroxyl groups is 1. The van der Waals surface area contributed by atoms with Crippen LogP contribution in [0.15, 0.2) is 102 Å². The van der Waals surface area contributed by atoms with Crippen molar-refractivity contribution in [3.05, 3.63) is 124 Å². The Hall–Kier alpha value is -5.70. The lowest BCUT2D eigenvalue weighted by atomic mass is 9.82. The predicted octanol–water partition coefficient (Wildman–Crippen LogP) is 6.27. The quantitative estimate of drug-likeness (QED) is 0.106. The van der Waals surface area contributed by atoms with E-state index in [2.05, 4.69) is 13.1 Å². The largest absolute Gasteiger partial charge is 0.497 e. The Labute approximate surface area is 344 Å². The van der Waals surface area contributed by atoms with Crippen LogP contribution in [0, 0.1) is 16.0 Å². The SMILES string of the molecule is COc1ccc([Si](C)(C)[C@H]2[C@H](CC(=O)N3CCC[C@H]3CO)O[C@@]3(C(=O)N(Cc4cccc(N5N=C(c6ccccc6)CCC5=O)c4)c4ccc([N+](=O)[O-])cc43)[C@@H]2C)cc1. The van der Waals surface area contributed by atoms with Gasteiger partial charge in [0.25, 0.3) is 11.6 Å². The molecule has 306 valence electrons. The monoisotopic (exact) mass is 815 g/mol. The molecule has 0 aromatic heterocycles. The second-order valence-electron chi connectivity index (χ2n) is 16.6. The van der Waals surface area contributed by atoms with E-state index in [1.807, 2.05) is 85.8 Å². The topological polar surface area (TPSA) is 155 Å². The number of nitrogens with zero attached hydrogens (tertiary/aromatic N) is 5. The van der Waals surface area contributed by atoms with Crippen LogP contribution in [-0.2, 0) is 31.3 Å². The van der Waals surface area contributed by atoms with E-state index in [0.717, 1.165) is 28.4 Å². The fraction of sp³-hybridized carbons (Fsp3) is 0.378. The first-order chi connectivity index (χ1) is 28.4. The number of fused-ring (bicyclic) bond motifs is 2. The van der Waals surface area contributed by atoms with E-state index >= 15 is 4.79 Å². The molecular formula is C45H49N5O8Si. The molecule has 4 heterocycles. The van der Waals surface area contributed by atoms with E-state index in [1.165, 1.54) is 17.1 Å². The number of amides is 3. The molecule has 3 amide bonds. The van der Waals surface area contributed by atoms with Crippen molar-refractivity contribution in [3.8, 4) is 5.75 Å². The Balaban J connectivity index is 1.19. The van der Waals surface area contributed by atoms with Crippen LogP contribution in [0.5, 0.6) is 5.75 Å². The van der Waals surface area contributed by atoms with Gasteiger partial charge in [-0.2, -0.15) is 5.10 Å². The summed E-state index contributed by atoms with van der Waals surface area (Å²) in [6.07, 6.45) is 1.61. The average Bonchev–Trinajstić information content (AvgIpc) is 3.91. The molecule has 0 aliphatic carbocycles. The summed E-state index contributed by atoms with van der Waals surface area (Å²) in [6.45, 7) is 6.90. The molecule has 0 saturated carbocycles. The highest BCUT2D eigenvalue weighted by atomic mass is 28.3. The third kappa shape index (κ3) is 7.02. The van der Waals surface area contributed by atoms with Crippen molar-refractivity contribution in [1.82, 2.24) is 4.90 Å². The van der Waals surface area contributed by atoms with Crippen LogP contribution in [0.3, 0.4) is 0 Å². The van der Waals surface area contributed by atoms with Gasteiger partial charge in [0.05, 0.1) is 68.9 Å². The molecule has 0 radical (unpaired) electrons. The number of hydrogen-bond donors (Lipinski definition) is 1. The Morgan fingerprint density at radius 2 is 1.78 bits per heavy atom. The standard InChI is InChI=1S/C45H49N5O8Si/c1-29-43(59(3,4)36-18-16-35(57-2)17-19-36)40(26-42(53)47-23-9-14-34(47)28-51)58-45(29)37-25-33(50(55)56)15-21-39(37)48(44(45)54)27-30-10-8-13-32(24-30)49-41(52)22-20-38(46-49)31-11-6-5-7-12-31/h5-8,10-13,15-19,21,24-25,29,34,40,43,51H,9,14,20,22-23,26-28H2,1-4H3/t29-,34+,40+,43-,45+/m1/s1.